The normalized spacial score (nSPS) is 26.6. The van der Waals surface area contributed by atoms with Gasteiger partial charge in [0, 0.05) is 45.4 Å². The first kappa shape index (κ1) is 14.9. The summed E-state index contributed by atoms with van der Waals surface area (Å²) in [6.07, 6.45) is 3.74. The summed E-state index contributed by atoms with van der Waals surface area (Å²) < 4.78 is 5.16. The highest BCUT2D eigenvalue weighted by atomic mass is 16.5. The molecule has 17 heavy (non-hydrogen) atoms. The average Bonchev–Trinajstić information content (AvgIpc) is 2.31. The maximum absolute atomic E-state index is 5.16. The topological polar surface area (TPSA) is 24.5 Å². The van der Waals surface area contributed by atoms with Crippen LogP contribution in [0.25, 0.3) is 0 Å². The summed E-state index contributed by atoms with van der Waals surface area (Å²) in [5, 5.41) is 3.70. The summed E-state index contributed by atoms with van der Waals surface area (Å²) in [7, 11) is 1.79. The van der Waals surface area contributed by atoms with E-state index in [4.69, 9.17) is 4.74 Å². The Morgan fingerprint density at radius 2 is 2.18 bits per heavy atom. The van der Waals surface area contributed by atoms with Crippen molar-refractivity contribution in [1.29, 1.82) is 0 Å². The fourth-order valence-electron chi connectivity index (χ4n) is 2.63. The van der Waals surface area contributed by atoms with E-state index in [0.717, 1.165) is 31.5 Å². The molecule has 0 aromatic rings. The first-order valence-corrected chi connectivity index (χ1v) is 7.15. The predicted molar refractivity (Wildman–Crippen MR) is 73.4 cm³/mol. The smallest absolute Gasteiger partial charge is 0.0474 e. The van der Waals surface area contributed by atoms with Crippen molar-refractivity contribution in [2.75, 3.05) is 33.4 Å². The summed E-state index contributed by atoms with van der Waals surface area (Å²) in [5.41, 5.74) is 0. The molecule has 0 bridgehead atoms. The number of rotatable bonds is 7. The van der Waals surface area contributed by atoms with Gasteiger partial charge in [-0.2, -0.15) is 0 Å². The minimum Gasteiger partial charge on any atom is -0.385 e. The van der Waals surface area contributed by atoms with E-state index in [0.29, 0.717) is 6.04 Å². The molecule has 1 rings (SSSR count). The molecule has 0 spiro atoms. The Labute approximate surface area is 107 Å². The van der Waals surface area contributed by atoms with Crippen molar-refractivity contribution < 1.29 is 4.74 Å². The van der Waals surface area contributed by atoms with E-state index in [9.17, 15) is 0 Å². The van der Waals surface area contributed by atoms with Crippen LogP contribution in [0.3, 0.4) is 0 Å². The van der Waals surface area contributed by atoms with Gasteiger partial charge in [0.1, 0.15) is 0 Å². The lowest BCUT2D eigenvalue weighted by molar-refractivity contribution is 0.0926. The molecule has 3 nitrogen and oxygen atoms in total. The van der Waals surface area contributed by atoms with Gasteiger partial charge in [0.2, 0.25) is 0 Å². The van der Waals surface area contributed by atoms with Crippen molar-refractivity contribution in [3.63, 3.8) is 0 Å². The van der Waals surface area contributed by atoms with Crippen LogP contribution in [0.15, 0.2) is 0 Å². The lowest BCUT2D eigenvalue weighted by Crippen LogP contribution is -2.58. The zero-order valence-corrected chi connectivity index (χ0v) is 12.0. The summed E-state index contributed by atoms with van der Waals surface area (Å²) in [6, 6.07) is 1.39. The molecular weight excluding hydrogens is 212 g/mol. The molecule has 3 heteroatoms. The van der Waals surface area contributed by atoms with E-state index in [1.54, 1.807) is 7.11 Å². The Kier molecular flexibility index (Phi) is 7.09. The van der Waals surface area contributed by atoms with Crippen LogP contribution in [-0.2, 0) is 4.74 Å². The highest BCUT2D eigenvalue weighted by Crippen LogP contribution is 2.16. The molecule has 1 saturated heterocycles. The Hall–Kier alpha value is -0.120. The molecule has 1 heterocycles. The number of nitrogens with zero attached hydrogens (tertiary/aromatic N) is 1. The van der Waals surface area contributed by atoms with Crippen LogP contribution >= 0.6 is 0 Å². The van der Waals surface area contributed by atoms with Gasteiger partial charge in [-0.25, -0.2) is 0 Å². The summed E-state index contributed by atoms with van der Waals surface area (Å²) in [4.78, 5) is 2.67. The van der Waals surface area contributed by atoms with Crippen molar-refractivity contribution in [2.45, 2.75) is 52.1 Å². The number of hydrogen-bond donors (Lipinski definition) is 1. The van der Waals surface area contributed by atoms with Gasteiger partial charge in [0.15, 0.2) is 0 Å². The standard InChI is InChI=1S/C14H30N2O/c1-5-7-13-10-15-14(12(2)3)11-16(13)8-6-9-17-4/h12-15H,5-11H2,1-4H3. The third-order valence-electron chi connectivity index (χ3n) is 3.78. The first-order valence-electron chi connectivity index (χ1n) is 7.15. The number of nitrogens with one attached hydrogen (secondary N) is 1. The first-order chi connectivity index (χ1) is 8.19. The van der Waals surface area contributed by atoms with Crippen LogP contribution in [0, 0.1) is 5.92 Å². The monoisotopic (exact) mass is 242 g/mol. The van der Waals surface area contributed by atoms with Gasteiger partial charge in [-0.05, 0) is 18.8 Å². The van der Waals surface area contributed by atoms with E-state index >= 15 is 0 Å². The van der Waals surface area contributed by atoms with Gasteiger partial charge in [0.05, 0.1) is 0 Å². The van der Waals surface area contributed by atoms with Gasteiger partial charge in [-0.1, -0.05) is 27.2 Å². The molecule has 1 aliphatic heterocycles. The van der Waals surface area contributed by atoms with E-state index in [2.05, 4.69) is 31.0 Å². The fraction of sp³-hybridized carbons (Fsp3) is 1.00. The second-order valence-corrected chi connectivity index (χ2v) is 5.54. The second-order valence-electron chi connectivity index (χ2n) is 5.54. The Morgan fingerprint density at radius 3 is 2.76 bits per heavy atom. The van der Waals surface area contributed by atoms with Gasteiger partial charge in [-0.3, -0.25) is 4.90 Å². The molecular formula is C14H30N2O. The van der Waals surface area contributed by atoms with E-state index in [-0.39, 0.29) is 0 Å². The van der Waals surface area contributed by atoms with Gasteiger partial charge < -0.3 is 10.1 Å². The molecule has 0 radical (unpaired) electrons. The SMILES string of the molecule is CCCC1CNC(C(C)C)CN1CCCOC. The number of hydrogen-bond acceptors (Lipinski definition) is 3. The van der Waals surface area contributed by atoms with Crippen LogP contribution in [0.5, 0.6) is 0 Å². The molecule has 102 valence electrons. The highest BCUT2D eigenvalue weighted by Gasteiger charge is 2.28. The summed E-state index contributed by atoms with van der Waals surface area (Å²) in [6.45, 7) is 11.3. The third-order valence-corrected chi connectivity index (χ3v) is 3.78. The van der Waals surface area contributed by atoms with Gasteiger partial charge in [0.25, 0.3) is 0 Å². The molecule has 2 unspecified atom stereocenters. The van der Waals surface area contributed by atoms with E-state index < -0.39 is 0 Å². The van der Waals surface area contributed by atoms with Crippen LogP contribution < -0.4 is 5.32 Å². The molecule has 1 fully saturated rings. The van der Waals surface area contributed by atoms with Crippen LogP contribution in [-0.4, -0.2) is 50.3 Å². The van der Waals surface area contributed by atoms with Crippen molar-refractivity contribution in [1.82, 2.24) is 10.2 Å². The lowest BCUT2D eigenvalue weighted by Gasteiger charge is -2.42. The van der Waals surface area contributed by atoms with Crippen molar-refractivity contribution in [2.24, 2.45) is 5.92 Å². The molecule has 0 amide bonds. The van der Waals surface area contributed by atoms with Crippen LogP contribution in [0.4, 0.5) is 0 Å². The maximum Gasteiger partial charge on any atom is 0.0474 e. The van der Waals surface area contributed by atoms with Crippen molar-refractivity contribution in [3.05, 3.63) is 0 Å². The Bertz CT molecular complexity index is 197. The molecule has 0 aliphatic carbocycles. The average molecular weight is 242 g/mol. The maximum atomic E-state index is 5.16. The van der Waals surface area contributed by atoms with E-state index in [1.807, 2.05) is 0 Å². The Morgan fingerprint density at radius 1 is 1.41 bits per heavy atom. The quantitative estimate of drug-likeness (QED) is 0.692. The van der Waals surface area contributed by atoms with Crippen molar-refractivity contribution >= 4 is 0 Å². The Balaban J connectivity index is 2.43. The van der Waals surface area contributed by atoms with Crippen molar-refractivity contribution in [3.8, 4) is 0 Å². The van der Waals surface area contributed by atoms with Gasteiger partial charge >= 0.3 is 0 Å². The number of methoxy groups -OCH3 is 1. The molecule has 1 N–H and O–H groups in total. The highest BCUT2D eigenvalue weighted by molar-refractivity contribution is 4.87. The zero-order valence-electron chi connectivity index (χ0n) is 12.0. The van der Waals surface area contributed by atoms with Gasteiger partial charge in [-0.15, -0.1) is 0 Å². The minimum atomic E-state index is 0.658. The molecule has 0 aromatic carbocycles. The largest absolute Gasteiger partial charge is 0.385 e. The number of piperazine rings is 1. The van der Waals surface area contributed by atoms with E-state index in [1.165, 1.54) is 25.9 Å². The summed E-state index contributed by atoms with van der Waals surface area (Å²) >= 11 is 0. The molecule has 2 atom stereocenters. The predicted octanol–water partition coefficient (Wildman–Crippen LogP) is 2.12. The lowest BCUT2D eigenvalue weighted by atomic mass is 9.97. The summed E-state index contributed by atoms with van der Waals surface area (Å²) in [5.74, 6) is 0.725. The van der Waals surface area contributed by atoms with Crippen LogP contribution in [0.2, 0.25) is 0 Å². The molecule has 0 saturated carbocycles. The zero-order chi connectivity index (χ0) is 12.7. The molecule has 0 aromatic heterocycles. The third kappa shape index (κ3) is 4.94. The number of ether oxygens (including phenoxy) is 1. The minimum absolute atomic E-state index is 0.658. The van der Waals surface area contributed by atoms with Crippen LogP contribution in [0.1, 0.15) is 40.0 Å². The fourth-order valence-corrected chi connectivity index (χ4v) is 2.63. The second kappa shape index (κ2) is 8.06. The molecule has 1 aliphatic rings.